The number of unbranched alkanes of at least 4 members (excludes halogenated alkanes) is 37. The first-order valence-corrected chi connectivity index (χ1v) is 34.1. The number of hydrogen-bond donors (Lipinski definition) is 0. The van der Waals surface area contributed by atoms with E-state index >= 15 is 0 Å². The zero-order valence-electron chi connectivity index (χ0n) is 52.4. The van der Waals surface area contributed by atoms with E-state index < -0.39 is 6.10 Å². The van der Waals surface area contributed by atoms with Crippen molar-refractivity contribution in [3.8, 4) is 0 Å². The van der Waals surface area contributed by atoms with E-state index in [1.165, 1.54) is 199 Å². The first-order chi connectivity index (χ1) is 39.0. The first kappa shape index (κ1) is 75.6. The Balaban J connectivity index is 4.24. The van der Waals surface area contributed by atoms with Gasteiger partial charge in [0.2, 0.25) is 0 Å². The molecule has 0 aliphatic carbocycles. The number of ether oxygens (including phenoxy) is 3. The summed E-state index contributed by atoms with van der Waals surface area (Å²) >= 11 is 0. The minimum Gasteiger partial charge on any atom is -0.462 e. The van der Waals surface area contributed by atoms with Gasteiger partial charge in [-0.2, -0.15) is 0 Å². The molecule has 0 fully saturated rings. The molecule has 0 rings (SSSR count). The molecule has 0 N–H and O–H groups in total. The van der Waals surface area contributed by atoms with Gasteiger partial charge in [0.05, 0.1) is 0 Å². The molecule has 0 aromatic rings. The van der Waals surface area contributed by atoms with Gasteiger partial charge in [-0.15, -0.1) is 0 Å². The molecule has 0 aliphatic heterocycles. The van der Waals surface area contributed by atoms with E-state index in [1.54, 1.807) is 0 Å². The highest BCUT2D eigenvalue weighted by molar-refractivity contribution is 5.71. The fourth-order valence-electron chi connectivity index (χ4n) is 9.80. The molecule has 0 aromatic carbocycles. The zero-order valence-corrected chi connectivity index (χ0v) is 52.4. The molecule has 0 saturated carbocycles. The van der Waals surface area contributed by atoms with Crippen molar-refractivity contribution in [2.45, 2.75) is 348 Å². The second-order valence-corrected chi connectivity index (χ2v) is 22.7. The lowest BCUT2D eigenvalue weighted by Crippen LogP contribution is -2.30. The summed E-state index contributed by atoms with van der Waals surface area (Å²) in [6.45, 7) is 6.54. The summed E-state index contributed by atoms with van der Waals surface area (Å²) < 4.78 is 16.9. The summed E-state index contributed by atoms with van der Waals surface area (Å²) in [6, 6.07) is 0. The minimum absolute atomic E-state index is 0.0757. The maximum atomic E-state index is 12.9. The van der Waals surface area contributed by atoms with E-state index in [9.17, 15) is 14.4 Å². The third kappa shape index (κ3) is 65.3. The lowest BCUT2D eigenvalue weighted by atomic mass is 10.0. The minimum atomic E-state index is -0.780. The van der Waals surface area contributed by atoms with E-state index in [1.807, 2.05) is 0 Å². The summed E-state index contributed by atoms with van der Waals surface area (Å²) in [5.74, 6) is -0.868. The molecular formula is C73H128O6. The van der Waals surface area contributed by atoms with Crippen molar-refractivity contribution in [2.75, 3.05) is 13.2 Å². The van der Waals surface area contributed by atoms with Crippen molar-refractivity contribution in [2.24, 2.45) is 0 Å². The van der Waals surface area contributed by atoms with Crippen LogP contribution in [-0.4, -0.2) is 37.2 Å². The molecule has 0 amide bonds. The third-order valence-electron chi connectivity index (χ3n) is 14.9. The van der Waals surface area contributed by atoms with E-state index in [2.05, 4.69) is 106 Å². The number of carbonyl (C=O) groups is 3. The normalized spacial score (nSPS) is 12.6. The predicted octanol–water partition coefficient (Wildman–Crippen LogP) is 23.4. The van der Waals surface area contributed by atoms with Gasteiger partial charge in [-0.25, -0.2) is 0 Å². The summed E-state index contributed by atoms with van der Waals surface area (Å²) in [6.07, 6.45) is 88.9. The van der Waals surface area contributed by atoms with Crippen LogP contribution >= 0.6 is 0 Å². The monoisotopic (exact) mass is 1100 g/mol. The van der Waals surface area contributed by atoms with Gasteiger partial charge in [-0.05, 0) is 96.3 Å². The summed E-state index contributed by atoms with van der Waals surface area (Å²) in [4.78, 5) is 38.3. The van der Waals surface area contributed by atoms with Crippen molar-refractivity contribution in [1.82, 2.24) is 0 Å². The number of hydrogen-bond acceptors (Lipinski definition) is 6. The molecule has 0 aromatic heterocycles. The quantitative estimate of drug-likeness (QED) is 0.0261. The van der Waals surface area contributed by atoms with E-state index in [-0.39, 0.29) is 31.1 Å². The van der Waals surface area contributed by atoms with Gasteiger partial charge in [0, 0.05) is 19.3 Å². The Labute approximate surface area is 490 Å². The molecule has 0 saturated heterocycles. The highest BCUT2D eigenvalue weighted by Gasteiger charge is 2.19. The number of carbonyl (C=O) groups excluding carboxylic acids is 3. The first-order valence-electron chi connectivity index (χ1n) is 34.1. The van der Waals surface area contributed by atoms with Gasteiger partial charge < -0.3 is 14.2 Å². The Kier molecular flexibility index (Phi) is 64.2. The van der Waals surface area contributed by atoms with Crippen molar-refractivity contribution < 1.29 is 28.6 Å². The summed E-state index contributed by atoms with van der Waals surface area (Å²) in [5, 5.41) is 0. The van der Waals surface area contributed by atoms with Crippen LogP contribution < -0.4 is 0 Å². The standard InChI is InChI=1S/C73H128O6/c1-4-7-10-13-16-19-22-24-26-28-30-32-34-35-36-37-39-40-42-44-46-48-51-54-57-60-63-66-72(75)78-69-70(68-77-71(74)65-62-59-56-53-50-21-18-15-12-9-6-3)79-73(76)67-64-61-58-55-52-49-47-45-43-41-38-33-31-29-27-25-23-20-17-14-11-8-5-2/h7,10,16,19,23-26,29-32,38,41,70H,4-6,8-9,11-15,17-18,20-22,27-28,33-37,39-40,42-69H2,1-3H3/b10-7-,19-16-,25-23-,26-24-,31-29-,32-30-,41-38-. The van der Waals surface area contributed by atoms with Gasteiger partial charge in [0.25, 0.3) is 0 Å². The van der Waals surface area contributed by atoms with Gasteiger partial charge in [-0.1, -0.05) is 311 Å². The highest BCUT2D eigenvalue weighted by Crippen LogP contribution is 2.17. The Morgan fingerprint density at radius 2 is 0.494 bits per heavy atom. The van der Waals surface area contributed by atoms with Crippen molar-refractivity contribution >= 4 is 17.9 Å². The van der Waals surface area contributed by atoms with Crippen LogP contribution in [0.4, 0.5) is 0 Å². The zero-order chi connectivity index (χ0) is 57.1. The van der Waals surface area contributed by atoms with Crippen molar-refractivity contribution in [3.63, 3.8) is 0 Å². The summed E-state index contributed by atoms with van der Waals surface area (Å²) in [7, 11) is 0. The smallest absolute Gasteiger partial charge is 0.306 e. The van der Waals surface area contributed by atoms with E-state index in [0.29, 0.717) is 19.3 Å². The molecule has 0 heterocycles. The molecule has 6 nitrogen and oxygen atoms in total. The third-order valence-corrected chi connectivity index (χ3v) is 14.9. The van der Waals surface area contributed by atoms with Crippen LogP contribution in [0, 0.1) is 0 Å². The largest absolute Gasteiger partial charge is 0.462 e. The molecule has 1 unspecified atom stereocenters. The predicted molar refractivity (Wildman–Crippen MR) is 344 cm³/mol. The van der Waals surface area contributed by atoms with Crippen molar-refractivity contribution in [1.29, 1.82) is 0 Å². The summed E-state index contributed by atoms with van der Waals surface area (Å²) in [5.41, 5.74) is 0. The van der Waals surface area contributed by atoms with Crippen LogP contribution in [0.5, 0.6) is 0 Å². The number of allylic oxidation sites excluding steroid dienone is 14. The van der Waals surface area contributed by atoms with Gasteiger partial charge in [0.15, 0.2) is 6.10 Å². The average molecular weight is 1100 g/mol. The lowest BCUT2D eigenvalue weighted by Gasteiger charge is -2.18. The Bertz CT molecular complexity index is 1500. The Hall–Kier alpha value is -3.41. The molecule has 0 spiro atoms. The van der Waals surface area contributed by atoms with E-state index in [4.69, 9.17) is 14.2 Å². The molecule has 0 bridgehead atoms. The Morgan fingerprint density at radius 1 is 0.266 bits per heavy atom. The van der Waals surface area contributed by atoms with Gasteiger partial charge in [-0.3, -0.25) is 14.4 Å². The fraction of sp³-hybridized carbons (Fsp3) is 0.767. The maximum Gasteiger partial charge on any atom is 0.306 e. The maximum absolute atomic E-state index is 12.9. The molecule has 79 heavy (non-hydrogen) atoms. The van der Waals surface area contributed by atoms with Crippen molar-refractivity contribution in [3.05, 3.63) is 85.1 Å². The molecule has 0 aliphatic rings. The van der Waals surface area contributed by atoms with Crippen LogP contribution in [0.25, 0.3) is 0 Å². The Morgan fingerprint density at radius 3 is 0.772 bits per heavy atom. The molecule has 0 radical (unpaired) electrons. The molecular weight excluding hydrogens is 973 g/mol. The number of rotatable bonds is 62. The number of esters is 3. The molecule has 6 heteroatoms. The second kappa shape index (κ2) is 67.1. The lowest BCUT2D eigenvalue weighted by molar-refractivity contribution is -0.167. The second-order valence-electron chi connectivity index (χ2n) is 22.7. The topological polar surface area (TPSA) is 78.9 Å². The van der Waals surface area contributed by atoms with Crippen LogP contribution in [-0.2, 0) is 28.6 Å². The van der Waals surface area contributed by atoms with Crippen LogP contribution in [0.15, 0.2) is 85.1 Å². The average Bonchev–Trinajstić information content (AvgIpc) is 3.45. The molecule has 456 valence electrons. The van der Waals surface area contributed by atoms with Crippen LogP contribution in [0.3, 0.4) is 0 Å². The van der Waals surface area contributed by atoms with Crippen LogP contribution in [0.2, 0.25) is 0 Å². The highest BCUT2D eigenvalue weighted by atomic mass is 16.6. The molecule has 1 atom stereocenters. The van der Waals surface area contributed by atoms with E-state index in [0.717, 1.165) is 103 Å². The SMILES string of the molecule is CC/C=C\C/C=C\C/C=C\C/C=C\CCCCCCCCCCCCCCCCC(=O)OCC(COC(=O)CCCCCCCCCCCCC)OC(=O)CCCCCCCCCC/C=C\C/C=C\C/C=C\CCCCCCC. The van der Waals surface area contributed by atoms with Crippen LogP contribution in [0.1, 0.15) is 342 Å². The van der Waals surface area contributed by atoms with Gasteiger partial charge >= 0.3 is 17.9 Å². The fourth-order valence-corrected chi connectivity index (χ4v) is 9.80. The van der Waals surface area contributed by atoms with Gasteiger partial charge in [0.1, 0.15) is 13.2 Å².